The van der Waals surface area contributed by atoms with Crippen LogP contribution in [0.5, 0.6) is 0 Å². The van der Waals surface area contributed by atoms with Crippen LogP contribution in [0, 0.1) is 13.8 Å². The van der Waals surface area contributed by atoms with Crippen molar-refractivity contribution in [3.63, 3.8) is 0 Å². The molecule has 1 fully saturated rings. The Morgan fingerprint density at radius 1 is 0.794 bits per heavy atom. The van der Waals surface area contributed by atoms with Gasteiger partial charge in [0.1, 0.15) is 23.2 Å². The molecule has 3 aromatic carbocycles. The van der Waals surface area contributed by atoms with Gasteiger partial charge in [-0.25, -0.2) is 4.98 Å². The van der Waals surface area contributed by atoms with Crippen molar-refractivity contribution in [1.82, 2.24) is 9.97 Å². The second kappa shape index (κ2) is 10.2. The third-order valence-corrected chi connectivity index (χ3v) is 11.2. The lowest BCUT2D eigenvalue weighted by Crippen LogP contribution is -3.00. The molecule has 6 heteroatoms. The summed E-state index contributed by atoms with van der Waals surface area (Å²) in [5.41, 5.74) is 1.50. The average Bonchev–Trinajstić information content (AvgIpc) is 3.23. The quantitative estimate of drug-likeness (QED) is 0.363. The molecule has 5 rings (SSSR count). The molecule has 1 aliphatic rings. The van der Waals surface area contributed by atoms with Crippen LogP contribution in [0.1, 0.15) is 17.8 Å². The van der Waals surface area contributed by atoms with E-state index in [2.05, 4.69) is 82.8 Å². The van der Waals surface area contributed by atoms with Gasteiger partial charge in [-0.2, -0.15) is 0 Å². The maximum atomic E-state index is 14.2. The molecule has 1 aliphatic heterocycles. The lowest BCUT2D eigenvalue weighted by atomic mass is 10.3. The fourth-order valence-corrected chi connectivity index (χ4v) is 9.94. The summed E-state index contributed by atoms with van der Waals surface area (Å²) in [5, 5.41) is 3.69. The molecule has 34 heavy (non-hydrogen) atoms. The Labute approximate surface area is 212 Å². The van der Waals surface area contributed by atoms with Crippen molar-refractivity contribution >= 4 is 34.9 Å². The van der Waals surface area contributed by atoms with Gasteiger partial charge in [-0.05, 0) is 50.2 Å². The highest BCUT2D eigenvalue weighted by molar-refractivity contribution is 7.97. The van der Waals surface area contributed by atoms with Crippen LogP contribution < -0.4 is 37.8 Å². The van der Waals surface area contributed by atoms with E-state index < -0.39 is 7.26 Å². The first-order chi connectivity index (χ1) is 16.1. The summed E-state index contributed by atoms with van der Waals surface area (Å²) in [6, 6.07) is 31.8. The molecule has 1 amide bonds. The molecule has 1 aromatic heterocycles. The third kappa shape index (κ3) is 4.08. The Morgan fingerprint density at radius 3 is 1.71 bits per heavy atom. The molecule has 4 nitrogen and oxygen atoms in total. The molecule has 1 saturated heterocycles. The number of amides is 1. The number of hydrogen-bond donors (Lipinski definition) is 0. The van der Waals surface area contributed by atoms with Crippen molar-refractivity contribution in [2.75, 3.05) is 11.4 Å². The number of aryl methyl sites for hydroxylation is 2. The van der Waals surface area contributed by atoms with Crippen molar-refractivity contribution in [3.05, 3.63) is 109 Å². The normalized spacial score (nSPS) is 15.8. The van der Waals surface area contributed by atoms with Gasteiger partial charge in [0.15, 0.2) is 11.5 Å². The maximum Gasteiger partial charge on any atom is 0.270 e. The smallest absolute Gasteiger partial charge is 0.270 e. The maximum absolute atomic E-state index is 14.2. The van der Waals surface area contributed by atoms with Crippen LogP contribution in [-0.2, 0) is 4.79 Å². The van der Waals surface area contributed by atoms with E-state index in [1.54, 1.807) is 6.20 Å². The number of carbonyl (C=O) groups is 1. The van der Waals surface area contributed by atoms with E-state index in [0.29, 0.717) is 12.4 Å². The van der Waals surface area contributed by atoms with Crippen molar-refractivity contribution in [1.29, 1.82) is 0 Å². The number of nitrogens with zero attached hydrogens (tertiary/aromatic N) is 3. The summed E-state index contributed by atoms with van der Waals surface area (Å²) < 4.78 is 0. The summed E-state index contributed by atoms with van der Waals surface area (Å²) in [6.07, 6.45) is 2.53. The average molecular weight is 532 g/mol. The Bertz CT molecular complexity index is 1170. The molecule has 0 bridgehead atoms. The zero-order valence-corrected chi connectivity index (χ0v) is 21.8. The minimum atomic E-state index is -2.28. The first kappa shape index (κ1) is 24.3. The van der Waals surface area contributed by atoms with Gasteiger partial charge in [0.05, 0.1) is 17.6 Å². The molecule has 0 N–H and O–H groups in total. The molecule has 2 heterocycles. The molecular weight excluding hydrogens is 505 g/mol. The molecule has 0 spiro atoms. The molecule has 0 radical (unpaired) electrons. The summed E-state index contributed by atoms with van der Waals surface area (Å²) in [5.74, 6) is 0.821. The van der Waals surface area contributed by atoms with Crippen LogP contribution in [0.2, 0.25) is 0 Å². The van der Waals surface area contributed by atoms with Gasteiger partial charge < -0.3 is 17.0 Å². The Kier molecular flexibility index (Phi) is 7.25. The van der Waals surface area contributed by atoms with Crippen LogP contribution in [-0.4, -0.2) is 28.1 Å². The molecule has 0 aliphatic carbocycles. The lowest BCUT2D eigenvalue weighted by molar-refractivity contribution is -0.116. The number of hydrogen-bond acceptors (Lipinski definition) is 3. The van der Waals surface area contributed by atoms with Crippen LogP contribution in [0.15, 0.2) is 97.2 Å². The second-order valence-electron chi connectivity index (χ2n) is 8.44. The van der Waals surface area contributed by atoms with E-state index in [-0.39, 0.29) is 28.5 Å². The van der Waals surface area contributed by atoms with E-state index in [9.17, 15) is 4.79 Å². The standard InChI is InChI=1S/C28H27N3OP.BrH/c1-21-20-29-27(22(2)30-21)31-19-18-26(28(31)32)33(23-12-6-3-7-13-23,24-14-8-4-9-15-24)25-16-10-5-11-17-25;/h3-17,20,26H,18-19H2,1-2H3;1H/q+1;/p-1. The Morgan fingerprint density at radius 2 is 1.26 bits per heavy atom. The molecule has 1 atom stereocenters. The van der Waals surface area contributed by atoms with Gasteiger partial charge in [-0.15, -0.1) is 0 Å². The fraction of sp³-hybridized carbons (Fsp3) is 0.179. The first-order valence-corrected chi connectivity index (χ1v) is 13.2. The number of carbonyl (C=O) groups excluding carboxylic acids is 1. The van der Waals surface area contributed by atoms with Crippen LogP contribution in [0.3, 0.4) is 0 Å². The lowest BCUT2D eigenvalue weighted by Gasteiger charge is -2.31. The summed E-state index contributed by atoms with van der Waals surface area (Å²) >= 11 is 0. The van der Waals surface area contributed by atoms with Crippen LogP contribution in [0.4, 0.5) is 5.82 Å². The second-order valence-corrected chi connectivity index (χ2v) is 12.1. The van der Waals surface area contributed by atoms with Crippen molar-refractivity contribution in [3.8, 4) is 0 Å². The number of benzene rings is 3. The van der Waals surface area contributed by atoms with Gasteiger partial charge in [-0.3, -0.25) is 14.7 Å². The molecule has 1 unspecified atom stereocenters. The van der Waals surface area contributed by atoms with E-state index in [1.807, 2.05) is 36.9 Å². The highest BCUT2D eigenvalue weighted by atomic mass is 79.9. The molecule has 172 valence electrons. The highest BCUT2D eigenvalue weighted by Crippen LogP contribution is 2.62. The first-order valence-electron chi connectivity index (χ1n) is 11.3. The Hall–Kier alpha value is -2.88. The van der Waals surface area contributed by atoms with E-state index in [4.69, 9.17) is 0 Å². The molecule has 4 aromatic rings. The third-order valence-electron chi connectivity index (χ3n) is 6.43. The minimum absolute atomic E-state index is 0. The zero-order valence-electron chi connectivity index (χ0n) is 19.3. The van der Waals surface area contributed by atoms with Gasteiger partial charge in [0.2, 0.25) is 0 Å². The fourth-order valence-electron chi connectivity index (χ4n) is 5.07. The number of rotatable bonds is 5. The largest absolute Gasteiger partial charge is 1.00 e. The predicted molar refractivity (Wildman–Crippen MR) is 137 cm³/mol. The molecular formula is C28H27BrN3OP. The van der Waals surface area contributed by atoms with Gasteiger partial charge in [0.25, 0.3) is 5.91 Å². The van der Waals surface area contributed by atoms with Gasteiger partial charge >= 0.3 is 0 Å². The van der Waals surface area contributed by atoms with Crippen molar-refractivity contribution in [2.45, 2.75) is 25.9 Å². The Balaban J connectivity index is 0.00000274. The number of halogens is 1. The van der Waals surface area contributed by atoms with E-state index >= 15 is 0 Å². The van der Waals surface area contributed by atoms with Crippen LogP contribution in [0.25, 0.3) is 0 Å². The van der Waals surface area contributed by atoms with Crippen molar-refractivity contribution in [2.24, 2.45) is 0 Å². The van der Waals surface area contributed by atoms with Crippen molar-refractivity contribution < 1.29 is 21.8 Å². The predicted octanol–water partition coefficient (Wildman–Crippen LogP) is 1.20. The summed E-state index contributed by atoms with van der Waals surface area (Å²) in [6.45, 7) is 4.51. The van der Waals surface area contributed by atoms with E-state index in [0.717, 1.165) is 17.8 Å². The highest BCUT2D eigenvalue weighted by Gasteiger charge is 2.59. The summed E-state index contributed by atoms with van der Waals surface area (Å²) in [7, 11) is -2.28. The van der Waals surface area contributed by atoms with Crippen LogP contribution >= 0.6 is 7.26 Å². The summed E-state index contributed by atoms with van der Waals surface area (Å²) in [4.78, 5) is 25.2. The molecule has 0 saturated carbocycles. The SMILES string of the molecule is Cc1cnc(N2CCC([P+](c3ccccc3)(c3ccccc3)c3ccccc3)C2=O)c(C)n1.[Br-]. The van der Waals surface area contributed by atoms with Gasteiger partial charge in [0, 0.05) is 13.0 Å². The topological polar surface area (TPSA) is 46.1 Å². The monoisotopic (exact) mass is 531 g/mol. The number of aromatic nitrogens is 2. The minimum Gasteiger partial charge on any atom is -1.00 e. The number of anilines is 1. The zero-order chi connectivity index (χ0) is 22.8. The van der Waals surface area contributed by atoms with E-state index in [1.165, 1.54) is 15.9 Å². The van der Waals surface area contributed by atoms with Gasteiger partial charge in [-0.1, -0.05) is 54.6 Å².